The van der Waals surface area contributed by atoms with Gasteiger partial charge in [-0.3, -0.25) is 0 Å². The van der Waals surface area contributed by atoms with E-state index < -0.39 is 0 Å². The summed E-state index contributed by atoms with van der Waals surface area (Å²) in [5.41, 5.74) is 3.88. The van der Waals surface area contributed by atoms with E-state index in [2.05, 4.69) is 0 Å². The Balaban J connectivity index is 1.95. The first-order valence-electron chi connectivity index (χ1n) is 4.65. The number of hydrogen-bond donors (Lipinski definition) is 0. The monoisotopic (exact) mass is 132 g/mol. The molecule has 3 saturated carbocycles. The van der Waals surface area contributed by atoms with Gasteiger partial charge in [0.25, 0.3) is 0 Å². The normalized spacial score (nSPS) is 60.0. The lowest BCUT2D eigenvalue weighted by Crippen LogP contribution is -2.12. The van der Waals surface area contributed by atoms with Crippen LogP contribution in [0.15, 0.2) is 11.1 Å². The molecule has 0 aliphatic heterocycles. The van der Waals surface area contributed by atoms with E-state index in [1.807, 2.05) is 11.1 Å². The Labute approximate surface area is 61.3 Å². The molecule has 0 saturated heterocycles. The summed E-state index contributed by atoms with van der Waals surface area (Å²) in [7, 11) is 0. The van der Waals surface area contributed by atoms with Crippen LogP contribution >= 0.6 is 0 Å². The van der Waals surface area contributed by atoms with Gasteiger partial charge in [0.05, 0.1) is 0 Å². The van der Waals surface area contributed by atoms with Gasteiger partial charge in [0.1, 0.15) is 0 Å². The summed E-state index contributed by atoms with van der Waals surface area (Å²) >= 11 is 0. The van der Waals surface area contributed by atoms with Gasteiger partial charge >= 0.3 is 0 Å². The van der Waals surface area contributed by atoms with Crippen molar-refractivity contribution in [1.82, 2.24) is 0 Å². The van der Waals surface area contributed by atoms with Crippen LogP contribution in [0.1, 0.15) is 25.7 Å². The Hall–Kier alpha value is -0.260. The molecule has 5 aliphatic carbocycles. The minimum absolute atomic E-state index is 1.12. The first-order chi connectivity index (χ1) is 4.93. The number of hydrogen-bond acceptors (Lipinski definition) is 0. The average molecular weight is 132 g/mol. The molecule has 0 nitrogen and oxygen atoms in total. The van der Waals surface area contributed by atoms with E-state index >= 15 is 0 Å². The van der Waals surface area contributed by atoms with E-state index in [-0.39, 0.29) is 0 Å². The van der Waals surface area contributed by atoms with Crippen LogP contribution in [-0.2, 0) is 0 Å². The van der Waals surface area contributed by atoms with Crippen LogP contribution in [0.4, 0.5) is 0 Å². The summed E-state index contributed by atoms with van der Waals surface area (Å²) in [6.07, 6.45) is 6.20. The van der Waals surface area contributed by atoms with Crippen LogP contribution in [0, 0.1) is 23.7 Å². The summed E-state index contributed by atoms with van der Waals surface area (Å²) in [6, 6.07) is 0. The van der Waals surface area contributed by atoms with E-state index in [0.717, 1.165) is 17.8 Å². The van der Waals surface area contributed by atoms with Crippen molar-refractivity contribution in [3.63, 3.8) is 0 Å². The SMILES string of the molecule is C1C2=C3C(CC4CC34)C1C2. The van der Waals surface area contributed by atoms with Gasteiger partial charge in [0.15, 0.2) is 0 Å². The van der Waals surface area contributed by atoms with Crippen molar-refractivity contribution in [3.05, 3.63) is 11.1 Å². The molecular weight excluding hydrogens is 120 g/mol. The molecule has 0 heterocycles. The zero-order chi connectivity index (χ0) is 6.29. The van der Waals surface area contributed by atoms with Gasteiger partial charge in [-0.25, -0.2) is 0 Å². The Kier molecular flexibility index (Phi) is 0.508. The highest BCUT2D eigenvalue weighted by Crippen LogP contribution is 2.69. The Morgan fingerprint density at radius 2 is 1.60 bits per heavy atom. The molecule has 0 spiro atoms. The average Bonchev–Trinajstić information content (AvgIpc) is 2.27. The van der Waals surface area contributed by atoms with Gasteiger partial charge in [0, 0.05) is 0 Å². The first-order valence-corrected chi connectivity index (χ1v) is 4.65. The number of allylic oxidation sites excluding steroid dienone is 2. The van der Waals surface area contributed by atoms with Gasteiger partial charge in [-0.2, -0.15) is 0 Å². The van der Waals surface area contributed by atoms with Crippen molar-refractivity contribution in [1.29, 1.82) is 0 Å². The Morgan fingerprint density at radius 3 is 2.30 bits per heavy atom. The molecular formula is C10H12. The zero-order valence-electron chi connectivity index (χ0n) is 6.14. The molecule has 0 aromatic heterocycles. The van der Waals surface area contributed by atoms with Crippen LogP contribution in [-0.4, -0.2) is 0 Å². The third kappa shape index (κ3) is 0.309. The fraction of sp³-hybridized carbons (Fsp3) is 0.800. The Morgan fingerprint density at radius 1 is 0.900 bits per heavy atom. The predicted octanol–water partition coefficient (Wildman–Crippen LogP) is 2.36. The third-order valence-corrected chi connectivity index (χ3v) is 4.27. The second-order valence-corrected chi connectivity index (χ2v) is 4.67. The highest BCUT2D eigenvalue weighted by atomic mass is 14.6. The maximum absolute atomic E-state index is 1.98. The molecule has 0 heteroatoms. The molecule has 52 valence electrons. The third-order valence-electron chi connectivity index (χ3n) is 4.27. The molecule has 3 atom stereocenters. The quantitative estimate of drug-likeness (QED) is 0.444. The summed E-state index contributed by atoms with van der Waals surface area (Å²) in [6.45, 7) is 0. The molecule has 3 fully saturated rings. The second kappa shape index (κ2) is 1.11. The molecule has 3 unspecified atom stereocenters. The summed E-state index contributed by atoms with van der Waals surface area (Å²) in [5, 5.41) is 0. The zero-order valence-corrected chi connectivity index (χ0v) is 6.14. The lowest BCUT2D eigenvalue weighted by Gasteiger charge is -2.23. The molecule has 5 aliphatic rings. The van der Waals surface area contributed by atoms with Crippen molar-refractivity contribution in [2.75, 3.05) is 0 Å². The predicted molar refractivity (Wildman–Crippen MR) is 39.5 cm³/mol. The van der Waals surface area contributed by atoms with Gasteiger partial charge in [-0.15, -0.1) is 0 Å². The van der Waals surface area contributed by atoms with Gasteiger partial charge in [0.2, 0.25) is 0 Å². The first kappa shape index (κ1) is 4.58. The second-order valence-electron chi connectivity index (χ2n) is 4.67. The largest absolute Gasteiger partial charge is 0.0698 e. The molecule has 0 aromatic rings. The van der Waals surface area contributed by atoms with E-state index in [1.165, 1.54) is 18.8 Å². The minimum atomic E-state index is 1.12. The maximum Gasteiger partial charge on any atom is -0.0160 e. The molecule has 5 rings (SSSR count). The Bertz CT molecular complexity index is 241. The molecule has 0 N–H and O–H groups in total. The molecule has 0 amide bonds. The van der Waals surface area contributed by atoms with E-state index in [9.17, 15) is 0 Å². The van der Waals surface area contributed by atoms with E-state index in [4.69, 9.17) is 0 Å². The molecule has 10 heavy (non-hydrogen) atoms. The van der Waals surface area contributed by atoms with Crippen molar-refractivity contribution < 1.29 is 0 Å². The standard InChI is InChI=1S/C10H12/c1-5-2-7(1)10-8(5)3-6-4-9(6)10/h5-6,8-9H,1-4H2. The lowest BCUT2D eigenvalue weighted by atomic mass is 9.81. The van der Waals surface area contributed by atoms with Crippen molar-refractivity contribution in [2.24, 2.45) is 23.7 Å². The van der Waals surface area contributed by atoms with Crippen LogP contribution in [0.3, 0.4) is 0 Å². The summed E-state index contributed by atoms with van der Waals surface area (Å²) in [4.78, 5) is 0. The number of fused-ring (bicyclic) bond motifs is 1. The molecule has 0 radical (unpaired) electrons. The van der Waals surface area contributed by atoms with Crippen LogP contribution in [0.5, 0.6) is 0 Å². The van der Waals surface area contributed by atoms with Crippen molar-refractivity contribution in [2.45, 2.75) is 25.7 Å². The van der Waals surface area contributed by atoms with Crippen LogP contribution in [0.25, 0.3) is 0 Å². The molecule has 0 aromatic carbocycles. The maximum atomic E-state index is 1.98. The van der Waals surface area contributed by atoms with E-state index in [0.29, 0.717) is 0 Å². The fourth-order valence-electron chi connectivity index (χ4n) is 3.68. The van der Waals surface area contributed by atoms with Gasteiger partial charge in [-0.05, 0) is 49.4 Å². The van der Waals surface area contributed by atoms with Crippen LogP contribution < -0.4 is 0 Å². The summed E-state index contributed by atoms with van der Waals surface area (Å²) in [5.74, 6) is 4.59. The van der Waals surface area contributed by atoms with Gasteiger partial charge < -0.3 is 0 Å². The topological polar surface area (TPSA) is 0 Å². The fourth-order valence-corrected chi connectivity index (χ4v) is 3.68. The van der Waals surface area contributed by atoms with Crippen molar-refractivity contribution in [3.8, 4) is 0 Å². The van der Waals surface area contributed by atoms with Gasteiger partial charge in [-0.1, -0.05) is 11.1 Å². The smallest absolute Gasteiger partial charge is 0.0160 e. The van der Waals surface area contributed by atoms with Crippen molar-refractivity contribution >= 4 is 0 Å². The molecule has 2 bridgehead atoms. The summed E-state index contributed by atoms with van der Waals surface area (Å²) < 4.78 is 0. The van der Waals surface area contributed by atoms with Crippen LogP contribution in [0.2, 0.25) is 0 Å². The van der Waals surface area contributed by atoms with E-state index in [1.54, 1.807) is 12.8 Å². The number of rotatable bonds is 0. The highest BCUT2D eigenvalue weighted by molar-refractivity contribution is 5.42. The lowest BCUT2D eigenvalue weighted by molar-refractivity contribution is 0.350. The highest BCUT2D eigenvalue weighted by Gasteiger charge is 2.58. The minimum Gasteiger partial charge on any atom is -0.0698 e.